The second-order valence-corrected chi connectivity index (χ2v) is 12.2. The van der Waals surface area contributed by atoms with Gasteiger partial charge in [0.05, 0.1) is 11.0 Å². The van der Waals surface area contributed by atoms with Gasteiger partial charge in [0.15, 0.2) is 17.5 Å². The van der Waals surface area contributed by atoms with Crippen molar-refractivity contribution in [1.29, 1.82) is 0 Å². The molecule has 5 heteroatoms. The van der Waals surface area contributed by atoms with Crippen LogP contribution in [0.2, 0.25) is 0 Å². The number of hydrogen-bond acceptors (Lipinski definition) is 3. The summed E-state index contributed by atoms with van der Waals surface area (Å²) in [6.07, 6.45) is 0. The Bertz CT molecular complexity index is 2590. The van der Waals surface area contributed by atoms with Crippen LogP contribution in [0.25, 0.3) is 83.9 Å². The Kier molecular flexibility index (Phi) is 7.29. The zero-order valence-corrected chi connectivity index (χ0v) is 26.9. The van der Waals surface area contributed by atoms with Gasteiger partial charge in [0.25, 0.3) is 0 Å². The first-order valence-electron chi connectivity index (χ1n) is 16.6. The third-order valence-corrected chi connectivity index (χ3v) is 9.15. The fourth-order valence-electron chi connectivity index (χ4n) is 6.76. The Labute approximate surface area is 288 Å². The van der Waals surface area contributed by atoms with Gasteiger partial charge < -0.3 is 4.57 Å². The normalized spacial score (nSPS) is 11.3. The minimum Gasteiger partial charge on any atom is -0.309 e. The molecule has 2 aromatic heterocycles. The predicted octanol–water partition coefficient (Wildman–Crippen LogP) is 11.4. The number of para-hydroxylation sites is 1. The summed E-state index contributed by atoms with van der Waals surface area (Å²) in [6.45, 7) is 0. The fourth-order valence-corrected chi connectivity index (χ4v) is 6.76. The molecule has 0 unspecified atom stereocenters. The van der Waals surface area contributed by atoms with Crippen molar-refractivity contribution < 1.29 is 4.39 Å². The van der Waals surface area contributed by atoms with E-state index in [1.54, 1.807) is 12.1 Å². The highest BCUT2D eigenvalue weighted by atomic mass is 19.1. The summed E-state index contributed by atoms with van der Waals surface area (Å²) in [6, 6.07) is 58.3. The standard InChI is InChI=1S/C45H29FN4/c46-40-22-12-10-20-36(40)35-27-25-34(50-41-23-13-11-21-37(41)38-26-24-33(28-42(38)50)30-14-4-1-5-15-30)29-39(35)45-48-43(31-16-6-2-7-17-31)47-44(49-45)32-18-8-3-9-19-32/h1-29H. The maximum atomic E-state index is 15.6. The van der Waals surface area contributed by atoms with Crippen LogP contribution < -0.4 is 0 Å². The highest BCUT2D eigenvalue weighted by Crippen LogP contribution is 2.39. The van der Waals surface area contributed by atoms with E-state index in [4.69, 9.17) is 15.0 Å². The molecule has 0 fully saturated rings. The Morgan fingerprint density at radius 1 is 0.360 bits per heavy atom. The molecule has 7 aromatic carbocycles. The van der Waals surface area contributed by atoms with E-state index in [2.05, 4.69) is 83.4 Å². The van der Waals surface area contributed by atoms with Crippen molar-refractivity contribution in [2.45, 2.75) is 0 Å². The second-order valence-electron chi connectivity index (χ2n) is 12.2. The van der Waals surface area contributed by atoms with Crippen LogP contribution in [0.4, 0.5) is 4.39 Å². The van der Waals surface area contributed by atoms with Crippen molar-refractivity contribution in [2.24, 2.45) is 0 Å². The molecule has 50 heavy (non-hydrogen) atoms. The van der Waals surface area contributed by atoms with Crippen LogP contribution in [0.5, 0.6) is 0 Å². The molecular formula is C45H29FN4. The summed E-state index contributed by atoms with van der Waals surface area (Å²) in [5.41, 5.74) is 8.95. The average Bonchev–Trinajstić information content (AvgIpc) is 3.52. The molecule has 0 N–H and O–H groups in total. The van der Waals surface area contributed by atoms with Crippen molar-refractivity contribution >= 4 is 21.8 Å². The molecule has 0 aliphatic rings. The van der Waals surface area contributed by atoms with Gasteiger partial charge in [-0.05, 0) is 47.0 Å². The van der Waals surface area contributed by atoms with E-state index in [-0.39, 0.29) is 5.82 Å². The fraction of sp³-hybridized carbons (Fsp3) is 0. The van der Waals surface area contributed by atoms with Gasteiger partial charge in [-0.3, -0.25) is 0 Å². The van der Waals surface area contributed by atoms with E-state index >= 15 is 4.39 Å². The van der Waals surface area contributed by atoms with E-state index in [1.165, 1.54) is 6.07 Å². The van der Waals surface area contributed by atoms with Gasteiger partial charge in [-0.25, -0.2) is 19.3 Å². The first kappa shape index (κ1) is 29.4. The molecule has 0 bridgehead atoms. The Morgan fingerprint density at radius 2 is 0.920 bits per heavy atom. The van der Waals surface area contributed by atoms with Crippen LogP contribution in [0.3, 0.4) is 0 Å². The lowest BCUT2D eigenvalue weighted by Crippen LogP contribution is -2.03. The molecule has 0 radical (unpaired) electrons. The lowest BCUT2D eigenvalue weighted by Gasteiger charge is -2.16. The monoisotopic (exact) mass is 644 g/mol. The minimum atomic E-state index is -0.313. The molecule has 0 aliphatic carbocycles. The summed E-state index contributed by atoms with van der Waals surface area (Å²) in [4.78, 5) is 15.0. The number of rotatable bonds is 6. The van der Waals surface area contributed by atoms with Gasteiger partial charge in [-0.1, -0.05) is 146 Å². The van der Waals surface area contributed by atoms with Gasteiger partial charge in [-0.15, -0.1) is 0 Å². The van der Waals surface area contributed by atoms with Gasteiger partial charge >= 0.3 is 0 Å². The van der Waals surface area contributed by atoms with Crippen molar-refractivity contribution in [3.05, 3.63) is 182 Å². The Hall–Kier alpha value is -6.72. The smallest absolute Gasteiger partial charge is 0.164 e. The van der Waals surface area contributed by atoms with E-state index in [9.17, 15) is 0 Å². The van der Waals surface area contributed by atoms with Crippen LogP contribution in [0.15, 0.2) is 176 Å². The molecule has 236 valence electrons. The SMILES string of the molecule is Fc1ccccc1-c1ccc(-n2c3ccccc3c3ccc(-c4ccccc4)cc32)cc1-c1nc(-c2ccccc2)nc(-c2ccccc2)n1. The maximum Gasteiger partial charge on any atom is 0.164 e. The number of aromatic nitrogens is 4. The van der Waals surface area contributed by atoms with E-state index in [0.29, 0.717) is 34.2 Å². The minimum absolute atomic E-state index is 0.313. The van der Waals surface area contributed by atoms with Crippen molar-refractivity contribution in [3.8, 4) is 62.1 Å². The van der Waals surface area contributed by atoms with Crippen LogP contribution in [-0.2, 0) is 0 Å². The summed E-state index contributed by atoms with van der Waals surface area (Å²) in [5.74, 6) is 1.24. The molecule has 0 spiro atoms. The topological polar surface area (TPSA) is 43.6 Å². The lowest BCUT2D eigenvalue weighted by atomic mass is 9.97. The quantitative estimate of drug-likeness (QED) is 0.181. The highest BCUT2D eigenvalue weighted by Gasteiger charge is 2.20. The molecule has 0 saturated heterocycles. The van der Waals surface area contributed by atoms with E-state index < -0.39 is 0 Å². The Morgan fingerprint density at radius 3 is 1.60 bits per heavy atom. The zero-order valence-electron chi connectivity index (χ0n) is 26.9. The van der Waals surface area contributed by atoms with E-state index in [1.807, 2.05) is 78.9 Å². The lowest BCUT2D eigenvalue weighted by molar-refractivity contribution is 0.631. The maximum absolute atomic E-state index is 15.6. The second kappa shape index (κ2) is 12.4. The number of benzene rings is 7. The molecule has 9 rings (SSSR count). The van der Waals surface area contributed by atoms with Crippen LogP contribution >= 0.6 is 0 Å². The molecule has 2 heterocycles. The van der Waals surface area contributed by atoms with Gasteiger partial charge in [0, 0.05) is 38.7 Å². The number of fused-ring (bicyclic) bond motifs is 3. The zero-order chi connectivity index (χ0) is 33.4. The number of nitrogens with zero attached hydrogens (tertiary/aromatic N) is 4. The summed E-state index contributed by atoms with van der Waals surface area (Å²) in [7, 11) is 0. The molecule has 0 atom stereocenters. The molecule has 4 nitrogen and oxygen atoms in total. The predicted molar refractivity (Wildman–Crippen MR) is 201 cm³/mol. The third kappa shape index (κ3) is 5.22. The molecule has 0 aliphatic heterocycles. The Balaban J connectivity index is 1.33. The van der Waals surface area contributed by atoms with Crippen LogP contribution in [-0.4, -0.2) is 19.5 Å². The van der Waals surface area contributed by atoms with Gasteiger partial charge in [-0.2, -0.15) is 0 Å². The van der Waals surface area contributed by atoms with Crippen molar-refractivity contribution in [2.75, 3.05) is 0 Å². The molecule has 0 saturated carbocycles. The summed E-state index contributed by atoms with van der Waals surface area (Å²) in [5, 5.41) is 2.30. The molecule has 9 aromatic rings. The molecular weight excluding hydrogens is 616 g/mol. The average molecular weight is 645 g/mol. The largest absolute Gasteiger partial charge is 0.309 e. The van der Waals surface area contributed by atoms with E-state index in [0.717, 1.165) is 49.7 Å². The number of halogens is 1. The molecule has 0 amide bonds. The third-order valence-electron chi connectivity index (χ3n) is 9.15. The van der Waals surface area contributed by atoms with Gasteiger partial charge in [0.1, 0.15) is 5.82 Å². The number of hydrogen-bond donors (Lipinski definition) is 0. The van der Waals surface area contributed by atoms with Crippen LogP contribution in [0.1, 0.15) is 0 Å². The summed E-state index contributed by atoms with van der Waals surface area (Å²) < 4.78 is 17.9. The first-order valence-corrected chi connectivity index (χ1v) is 16.6. The van der Waals surface area contributed by atoms with Gasteiger partial charge in [0.2, 0.25) is 0 Å². The highest BCUT2D eigenvalue weighted by molar-refractivity contribution is 6.10. The van der Waals surface area contributed by atoms with Crippen molar-refractivity contribution in [1.82, 2.24) is 19.5 Å². The van der Waals surface area contributed by atoms with Crippen LogP contribution in [0, 0.1) is 5.82 Å². The summed E-state index contributed by atoms with van der Waals surface area (Å²) >= 11 is 0. The first-order chi connectivity index (χ1) is 24.7. The van der Waals surface area contributed by atoms with Crippen molar-refractivity contribution in [3.63, 3.8) is 0 Å².